The van der Waals surface area contributed by atoms with Crippen molar-refractivity contribution in [3.8, 4) is 0 Å². The third-order valence-electron chi connectivity index (χ3n) is 2.98. The molecule has 1 rings (SSSR count). The summed E-state index contributed by atoms with van der Waals surface area (Å²) in [7, 11) is 1.92. The van der Waals surface area contributed by atoms with Gasteiger partial charge in [-0.25, -0.2) is 0 Å². The van der Waals surface area contributed by atoms with Crippen LogP contribution in [0.4, 0.5) is 5.69 Å². The molecule has 0 saturated heterocycles. The highest BCUT2D eigenvalue weighted by molar-refractivity contribution is 6.30. The van der Waals surface area contributed by atoms with E-state index in [1.807, 2.05) is 44.0 Å². The van der Waals surface area contributed by atoms with Gasteiger partial charge in [-0.05, 0) is 37.6 Å². The van der Waals surface area contributed by atoms with Crippen LogP contribution in [0.15, 0.2) is 18.2 Å². The molecule has 0 radical (unpaired) electrons. The zero-order valence-electron chi connectivity index (χ0n) is 13.5. The summed E-state index contributed by atoms with van der Waals surface area (Å²) in [4.78, 5) is 13.8. The first kappa shape index (κ1) is 17.8. The van der Waals surface area contributed by atoms with E-state index in [-0.39, 0.29) is 11.9 Å². The SMILES string of the molecule is CC(C)NCc1cc(Cl)ccc1N(C)CC(=O)NC(C)C. The third kappa shape index (κ3) is 6.36. The lowest BCUT2D eigenvalue weighted by Gasteiger charge is -2.23. The van der Waals surface area contributed by atoms with E-state index in [0.717, 1.165) is 17.8 Å². The molecule has 0 saturated carbocycles. The number of carbonyl (C=O) groups is 1. The number of amides is 1. The van der Waals surface area contributed by atoms with Crippen molar-refractivity contribution in [2.75, 3.05) is 18.5 Å². The molecule has 0 bridgehead atoms. The van der Waals surface area contributed by atoms with Crippen LogP contribution < -0.4 is 15.5 Å². The molecule has 0 unspecified atom stereocenters. The summed E-state index contributed by atoms with van der Waals surface area (Å²) in [5, 5.41) is 6.99. The third-order valence-corrected chi connectivity index (χ3v) is 3.22. The molecule has 5 heteroatoms. The molecule has 21 heavy (non-hydrogen) atoms. The van der Waals surface area contributed by atoms with Crippen molar-refractivity contribution < 1.29 is 4.79 Å². The smallest absolute Gasteiger partial charge is 0.239 e. The number of hydrogen-bond donors (Lipinski definition) is 2. The Bertz CT molecular complexity index is 475. The lowest BCUT2D eigenvalue weighted by molar-refractivity contribution is -0.120. The van der Waals surface area contributed by atoms with Crippen molar-refractivity contribution in [2.45, 2.75) is 46.3 Å². The summed E-state index contributed by atoms with van der Waals surface area (Å²) in [6.45, 7) is 9.17. The van der Waals surface area contributed by atoms with Crippen LogP contribution in [0.3, 0.4) is 0 Å². The molecule has 1 amide bonds. The number of halogens is 1. The van der Waals surface area contributed by atoms with Gasteiger partial charge in [0.05, 0.1) is 6.54 Å². The molecule has 0 aliphatic rings. The van der Waals surface area contributed by atoms with Gasteiger partial charge in [-0.2, -0.15) is 0 Å². The number of anilines is 1. The van der Waals surface area contributed by atoms with Crippen LogP contribution in [0.2, 0.25) is 5.02 Å². The maximum Gasteiger partial charge on any atom is 0.239 e. The first-order chi connectivity index (χ1) is 9.79. The highest BCUT2D eigenvalue weighted by Crippen LogP contribution is 2.23. The van der Waals surface area contributed by atoms with Crippen LogP contribution in [0, 0.1) is 0 Å². The summed E-state index contributed by atoms with van der Waals surface area (Å²) in [5.74, 6) is 0.0187. The quantitative estimate of drug-likeness (QED) is 0.814. The van der Waals surface area contributed by atoms with Gasteiger partial charge in [-0.1, -0.05) is 25.4 Å². The molecule has 2 N–H and O–H groups in total. The van der Waals surface area contributed by atoms with Crippen molar-refractivity contribution in [1.29, 1.82) is 0 Å². The number of nitrogens with one attached hydrogen (secondary N) is 2. The Morgan fingerprint density at radius 1 is 1.24 bits per heavy atom. The second-order valence-corrected chi connectivity index (χ2v) is 6.32. The molecule has 0 fully saturated rings. The first-order valence-electron chi connectivity index (χ1n) is 7.32. The van der Waals surface area contributed by atoms with Gasteiger partial charge in [0.1, 0.15) is 0 Å². The van der Waals surface area contributed by atoms with E-state index in [1.54, 1.807) is 0 Å². The molecule has 0 aliphatic heterocycles. The van der Waals surface area contributed by atoms with Gasteiger partial charge < -0.3 is 15.5 Å². The molecular formula is C16H26ClN3O. The van der Waals surface area contributed by atoms with Crippen LogP contribution in [0.1, 0.15) is 33.3 Å². The molecule has 0 heterocycles. The number of rotatable bonds is 7. The Kier molecular flexibility index (Phi) is 6.99. The monoisotopic (exact) mass is 311 g/mol. The Morgan fingerprint density at radius 2 is 1.90 bits per heavy atom. The number of carbonyl (C=O) groups excluding carboxylic acids is 1. The topological polar surface area (TPSA) is 44.4 Å². The van der Waals surface area contributed by atoms with E-state index in [2.05, 4.69) is 24.5 Å². The van der Waals surface area contributed by atoms with Crippen LogP contribution in [0.5, 0.6) is 0 Å². The zero-order chi connectivity index (χ0) is 16.0. The van der Waals surface area contributed by atoms with Gasteiger partial charge in [0.25, 0.3) is 0 Å². The number of hydrogen-bond acceptors (Lipinski definition) is 3. The highest BCUT2D eigenvalue weighted by Gasteiger charge is 2.12. The summed E-state index contributed by atoms with van der Waals surface area (Å²) < 4.78 is 0. The average molecular weight is 312 g/mol. The van der Waals surface area contributed by atoms with Gasteiger partial charge in [-0.3, -0.25) is 4.79 Å². The molecule has 1 aromatic carbocycles. The van der Waals surface area contributed by atoms with Crippen LogP contribution in [-0.2, 0) is 11.3 Å². The van der Waals surface area contributed by atoms with Crippen molar-refractivity contribution >= 4 is 23.2 Å². The predicted octanol–water partition coefficient (Wildman–Crippen LogP) is 2.80. The molecule has 0 aliphatic carbocycles. The Hall–Kier alpha value is -1.26. The highest BCUT2D eigenvalue weighted by atomic mass is 35.5. The van der Waals surface area contributed by atoms with E-state index in [0.29, 0.717) is 17.6 Å². The van der Waals surface area contributed by atoms with E-state index in [9.17, 15) is 4.79 Å². The summed E-state index contributed by atoms with van der Waals surface area (Å²) in [6, 6.07) is 6.31. The molecule has 0 atom stereocenters. The summed E-state index contributed by atoms with van der Waals surface area (Å²) in [6.07, 6.45) is 0. The van der Waals surface area contributed by atoms with Gasteiger partial charge in [0, 0.05) is 36.4 Å². The molecule has 4 nitrogen and oxygen atoms in total. The fourth-order valence-electron chi connectivity index (χ4n) is 2.05. The van der Waals surface area contributed by atoms with Gasteiger partial charge in [-0.15, -0.1) is 0 Å². The van der Waals surface area contributed by atoms with Gasteiger partial charge >= 0.3 is 0 Å². The average Bonchev–Trinajstić information content (AvgIpc) is 2.34. The fraction of sp³-hybridized carbons (Fsp3) is 0.562. The van der Waals surface area contributed by atoms with E-state index < -0.39 is 0 Å². The van der Waals surface area contributed by atoms with Crippen molar-refractivity contribution in [1.82, 2.24) is 10.6 Å². The van der Waals surface area contributed by atoms with E-state index in [1.165, 1.54) is 0 Å². The minimum Gasteiger partial charge on any atom is -0.365 e. The number of benzene rings is 1. The number of nitrogens with zero attached hydrogens (tertiary/aromatic N) is 1. The van der Waals surface area contributed by atoms with E-state index in [4.69, 9.17) is 11.6 Å². The fourth-order valence-corrected chi connectivity index (χ4v) is 2.25. The zero-order valence-corrected chi connectivity index (χ0v) is 14.3. The second-order valence-electron chi connectivity index (χ2n) is 5.89. The van der Waals surface area contributed by atoms with Crippen LogP contribution in [0.25, 0.3) is 0 Å². The molecule has 0 spiro atoms. The maximum absolute atomic E-state index is 11.9. The minimum absolute atomic E-state index is 0.0187. The molecule has 118 valence electrons. The standard InChI is InChI=1S/C16H26ClN3O/c1-11(2)18-9-13-8-14(17)6-7-15(13)20(5)10-16(21)19-12(3)4/h6-8,11-12,18H,9-10H2,1-5H3,(H,19,21). The molecule has 0 aromatic heterocycles. The summed E-state index contributed by atoms with van der Waals surface area (Å²) >= 11 is 6.09. The molecular weight excluding hydrogens is 286 g/mol. The van der Waals surface area contributed by atoms with Gasteiger partial charge in [0.15, 0.2) is 0 Å². The lowest BCUT2D eigenvalue weighted by atomic mass is 10.1. The van der Waals surface area contributed by atoms with Crippen LogP contribution >= 0.6 is 11.6 Å². The van der Waals surface area contributed by atoms with Crippen molar-refractivity contribution in [2.24, 2.45) is 0 Å². The van der Waals surface area contributed by atoms with E-state index >= 15 is 0 Å². The lowest BCUT2D eigenvalue weighted by Crippen LogP contribution is -2.39. The Morgan fingerprint density at radius 3 is 2.48 bits per heavy atom. The summed E-state index contributed by atoms with van der Waals surface area (Å²) in [5.41, 5.74) is 2.11. The van der Waals surface area contributed by atoms with Crippen molar-refractivity contribution in [3.05, 3.63) is 28.8 Å². The first-order valence-corrected chi connectivity index (χ1v) is 7.69. The van der Waals surface area contributed by atoms with Gasteiger partial charge in [0.2, 0.25) is 5.91 Å². The second kappa shape index (κ2) is 8.25. The number of likely N-dealkylation sites (N-methyl/N-ethyl adjacent to an activating group) is 1. The Balaban J connectivity index is 2.82. The normalized spacial score (nSPS) is 11.0. The minimum atomic E-state index is 0.0187. The van der Waals surface area contributed by atoms with Crippen LogP contribution in [-0.4, -0.2) is 31.6 Å². The van der Waals surface area contributed by atoms with Crippen molar-refractivity contribution in [3.63, 3.8) is 0 Å². The maximum atomic E-state index is 11.9. The predicted molar refractivity (Wildman–Crippen MR) is 90.0 cm³/mol. The molecule has 1 aromatic rings. The largest absolute Gasteiger partial charge is 0.365 e. The Labute approximate surface area is 132 Å².